The monoisotopic (exact) mass is 602 g/mol. The number of hydrogen-bond donors (Lipinski definition) is 2. The summed E-state index contributed by atoms with van der Waals surface area (Å²) in [4.78, 5) is 32.7. The fourth-order valence-corrected chi connectivity index (χ4v) is 4.14. The molecule has 17 heteroatoms. The van der Waals surface area contributed by atoms with Crippen molar-refractivity contribution in [3.63, 3.8) is 0 Å². The van der Waals surface area contributed by atoms with Crippen molar-refractivity contribution in [1.29, 1.82) is 0 Å². The van der Waals surface area contributed by atoms with Crippen LogP contribution in [0.15, 0.2) is 52.6 Å². The maximum atomic E-state index is 15.1. The molecule has 4 rings (SSSR count). The Morgan fingerprint density at radius 3 is 2.45 bits per heavy atom. The van der Waals surface area contributed by atoms with Crippen molar-refractivity contribution in [1.82, 2.24) is 24.7 Å². The van der Waals surface area contributed by atoms with E-state index in [2.05, 4.69) is 25.1 Å². The predicted octanol–water partition coefficient (Wildman–Crippen LogP) is 4.16. The maximum Gasteiger partial charge on any atom is 0.423 e. The molecule has 2 N–H and O–H groups in total. The fourth-order valence-electron chi connectivity index (χ4n) is 4.14. The van der Waals surface area contributed by atoms with E-state index < -0.39 is 72.8 Å². The number of ether oxygens (including phenoxy) is 2. The molecule has 0 unspecified atom stereocenters. The summed E-state index contributed by atoms with van der Waals surface area (Å²) in [5, 5.41) is 7.25. The Labute approximate surface area is 231 Å². The molecule has 1 aromatic carbocycles. The number of benzene rings is 1. The fraction of sp³-hybridized carbons (Fsp3) is 0.320. The normalized spacial score (nSPS) is 13.4. The summed E-state index contributed by atoms with van der Waals surface area (Å²) >= 11 is 0. The number of nitrogens with one attached hydrogen (secondary N) is 2. The van der Waals surface area contributed by atoms with E-state index in [9.17, 15) is 35.9 Å². The molecule has 4 aromatic rings. The van der Waals surface area contributed by atoms with Crippen LogP contribution in [0.5, 0.6) is 5.75 Å². The number of halogens is 7. The second kappa shape index (κ2) is 12.5. The molecule has 0 bridgehead atoms. The highest BCUT2D eigenvalue weighted by atomic mass is 19.4. The van der Waals surface area contributed by atoms with Crippen LogP contribution in [0.3, 0.4) is 0 Å². The zero-order chi connectivity index (χ0) is 30.6. The van der Waals surface area contributed by atoms with Crippen LogP contribution < -0.4 is 21.2 Å². The van der Waals surface area contributed by atoms with Crippen LogP contribution >= 0.6 is 0 Å². The summed E-state index contributed by atoms with van der Waals surface area (Å²) in [6, 6.07) is 2.17. The van der Waals surface area contributed by atoms with E-state index in [0.29, 0.717) is 11.9 Å². The van der Waals surface area contributed by atoms with Crippen molar-refractivity contribution in [2.45, 2.75) is 38.0 Å². The van der Waals surface area contributed by atoms with Gasteiger partial charge in [0.2, 0.25) is 0 Å². The number of aromatic amines is 1. The zero-order valence-electron chi connectivity index (χ0n) is 21.5. The first kappa shape index (κ1) is 30.4. The molecule has 3 heterocycles. The zero-order valence-corrected chi connectivity index (χ0v) is 21.5. The van der Waals surface area contributed by atoms with Crippen LogP contribution in [0.4, 0.5) is 36.4 Å². The number of rotatable bonds is 11. The van der Waals surface area contributed by atoms with Gasteiger partial charge in [-0.15, -0.1) is 0 Å². The van der Waals surface area contributed by atoms with Crippen molar-refractivity contribution in [3.05, 3.63) is 75.1 Å². The van der Waals surface area contributed by atoms with Crippen LogP contribution in [-0.2, 0) is 17.5 Å². The highest BCUT2D eigenvalue weighted by molar-refractivity contribution is 5.86. The maximum absolute atomic E-state index is 15.1. The average Bonchev–Trinajstić information content (AvgIpc) is 2.92. The molecule has 0 aliphatic carbocycles. The molecule has 0 aliphatic rings. The summed E-state index contributed by atoms with van der Waals surface area (Å²) in [5.74, 6) is -0.464. The van der Waals surface area contributed by atoms with E-state index in [1.165, 1.54) is 37.8 Å². The molecule has 0 spiro atoms. The molecule has 0 saturated carbocycles. The molecule has 0 aliphatic heterocycles. The van der Waals surface area contributed by atoms with Crippen LogP contribution in [0.25, 0.3) is 22.2 Å². The Morgan fingerprint density at radius 2 is 1.81 bits per heavy atom. The van der Waals surface area contributed by atoms with E-state index in [0.717, 1.165) is 10.6 Å². The van der Waals surface area contributed by atoms with Gasteiger partial charge in [-0.05, 0) is 23.6 Å². The average molecular weight is 602 g/mol. The molecule has 0 saturated heterocycles. The van der Waals surface area contributed by atoms with Gasteiger partial charge in [0.05, 0.1) is 61.5 Å². The molecule has 0 radical (unpaired) electrons. The van der Waals surface area contributed by atoms with Crippen molar-refractivity contribution in [2.24, 2.45) is 0 Å². The van der Waals surface area contributed by atoms with E-state index >= 15 is 4.39 Å². The largest absolute Gasteiger partial charge is 0.494 e. The lowest BCUT2D eigenvalue weighted by Gasteiger charge is -2.23. The van der Waals surface area contributed by atoms with Gasteiger partial charge in [0, 0.05) is 12.6 Å². The minimum atomic E-state index is -5.14. The number of methoxy groups -OCH3 is 1. The van der Waals surface area contributed by atoms with E-state index in [4.69, 9.17) is 4.74 Å². The van der Waals surface area contributed by atoms with Crippen molar-refractivity contribution in [2.75, 3.05) is 19.0 Å². The van der Waals surface area contributed by atoms with Crippen molar-refractivity contribution >= 4 is 16.5 Å². The molecule has 42 heavy (non-hydrogen) atoms. The molecule has 10 nitrogen and oxygen atoms in total. The van der Waals surface area contributed by atoms with E-state index in [-0.39, 0.29) is 22.2 Å². The van der Waals surface area contributed by atoms with Crippen LogP contribution in [0, 0.1) is 5.82 Å². The second-order valence-electron chi connectivity index (χ2n) is 8.89. The molecule has 0 amide bonds. The molecule has 3 aromatic heterocycles. The van der Waals surface area contributed by atoms with Gasteiger partial charge in [-0.25, -0.2) is 23.8 Å². The Bertz CT molecular complexity index is 1660. The van der Waals surface area contributed by atoms with Gasteiger partial charge in [-0.3, -0.25) is 9.59 Å². The molecule has 2 atom stereocenters. The SMILES string of the molecule is COc1cnc(-c2cc3ccn(C[C@@H](F)C[C@@H](COC(F)F)Nc4cn[nH]c(=O)c4C(F)(F)F)c(=O)c3cc2F)nc1. The Morgan fingerprint density at radius 1 is 1.10 bits per heavy atom. The lowest BCUT2D eigenvalue weighted by Crippen LogP contribution is -2.35. The number of anilines is 1. The predicted molar refractivity (Wildman–Crippen MR) is 134 cm³/mol. The molecular weight excluding hydrogens is 581 g/mol. The Balaban J connectivity index is 1.56. The highest BCUT2D eigenvalue weighted by Crippen LogP contribution is 2.32. The number of hydrogen-bond acceptors (Lipinski definition) is 8. The first-order valence-corrected chi connectivity index (χ1v) is 12.0. The standard InChI is InChI=1S/C25H21F7N6O4/c1-41-15-7-33-21(34-8-15)17-4-12-2-3-38(23(40)16(12)6-18(17)27)10-13(26)5-14(11-42-24(28)29)36-19-9-35-37-22(39)20(19)25(30,31)32/h2-4,6-9,13-14,24H,5,10-11H2,1H3,(H2,36,37,39)/t13-,14-/m0/s1. The number of alkyl halides is 6. The molecule has 224 valence electrons. The van der Waals surface area contributed by atoms with Gasteiger partial charge in [0.1, 0.15) is 17.6 Å². The first-order chi connectivity index (χ1) is 19.9. The third-order valence-corrected chi connectivity index (χ3v) is 6.03. The highest BCUT2D eigenvalue weighted by Gasteiger charge is 2.38. The van der Waals surface area contributed by atoms with Gasteiger partial charge >= 0.3 is 12.8 Å². The third kappa shape index (κ3) is 7.02. The summed E-state index contributed by atoms with van der Waals surface area (Å²) in [6.45, 7) is -4.93. The lowest BCUT2D eigenvalue weighted by molar-refractivity contribution is -0.138. The van der Waals surface area contributed by atoms with Gasteiger partial charge < -0.3 is 19.4 Å². The molecule has 0 fully saturated rings. The van der Waals surface area contributed by atoms with Gasteiger partial charge in [-0.2, -0.15) is 27.1 Å². The third-order valence-electron chi connectivity index (χ3n) is 6.03. The van der Waals surface area contributed by atoms with Crippen molar-refractivity contribution in [3.8, 4) is 17.1 Å². The number of H-pyrrole nitrogens is 1. The number of aromatic nitrogens is 5. The summed E-state index contributed by atoms with van der Waals surface area (Å²) in [5.41, 5.74) is -4.97. The Kier molecular flexibility index (Phi) is 9.08. The first-order valence-electron chi connectivity index (χ1n) is 12.0. The number of pyridine rings is 1. The van der Waals surface area contributed by atoms with E-state index in [1.54, 1.807) is 5.10 Å². The van der Waals surface area contributed by atoms with Gasteiger partial charge in [0.25, 0.3) is 11.1 Å². The smallest absolute Gasteiger partial charge is 0.423 e. The summed E-state index contributed by atoms with van der Waals surface area (Å²) in [7, 11) is 1.41. The Hall–Kier alpha value is -4.54. The minimum absolute atomic E-state index is 0.00826. The van der Waals surface area contributed by atoms with E-state index in [1.807, 2.05) is 0 Å². The molecular formula is C25H21F7N6O4. The summed E-state index contributed by atoms with van der Waals surface area (Å²) < 4.78 is 106. The van der Waals surface area contributed by atoms with Crippen LogP contribution in [0.2, 0.25) is 0 Å². The minimum Gasteiger partial charge on any atom is -0.494 e. The quantitative estimate of drug-likeness (QED) is 0.246. The van der Waals surface area contributed by atoms with Gasteiger partial charge in [-0.1, -0.05) is 0 Å². The second-order valence-corrected chi connectivity index (χ2v) is 8.89. The van der Waals surface area contributed by atoms with Gasteiger partial charge in [0.15, 0.2) is 11.6 Å². The van der Waals surface area contributed by atoms with Crippen LogP contribution in [-0.4, -0.2) is 57.3 Å². The lowest BCUT2D eigenvalue weighted by atomic mass is 10.1. The van der Waals surface area contributed by atoms with Crippen LogP contribution in [0.1, 0.15) is 12.0 Å². The number of nitrogens with zero attached hydrogens (tertiary/aromatic N) is 4. The summed E-state index contributed by atoms with van der Waals surface area (Å²) in [6.07, 6.45) is -3.38. The topological polar surface area (TPSA) is 124 Å². The number of fused-ring (bicyclic) bond motifs is 1. The van der Waals surface area contributed by atoms with Crippen molar-refractivity contribution < 1.29 is 40.2 Å².